The van der Waals surface area contributed by atoms with Gasteiger partial charge in [-0.1, -0.05) is 66.2 Å². The van der Waals surface area contributed by atoms with Crippen LogP contribution in [0, 0.1) is 0 Å². The normalized spacial score (nSPS) is 12.0. The smallest absolute Gasteiger partial charge is 0.238 e. The van der Waals surface area contributed by atoms with Crippen molar-refractivity contribution in [3.8, 4) is 0 Å². The Labute approximate surface area is 175 Å². The van der Waals surface area contributed by atoms with E-state index in [0.29, 0.717) is 10.7 Å². The molecule has 0 heterocycles. The van der Waals surface area contributed by atoms with E-state index in [1.807, 2.05) is 31.2 Å². The van der Waals surface area contributed by atoms with E-state index in [1.54, 1.807) is 36.2 Å². The number of fused-ring (bicyclic) bond motifs is 1. The molecule has 0 aliphatic heterocycles. The standard InChI is InChI=1S/C23H24ClN3O2/c1-16(18-11-7-9-17-8-3-4-10-19(17)18)25-22(28)14-27(2)15-23(29)26-21-13-6-5-12-20(21)24/h3-13,16H,14-15H2,1-2H3,(H,25,28)(H,26,29). The molecule has 6 heteroatoms. The van der Waals surface area contributed by atoms with Gasteiger partial charge in [-0.2, -0.15) is 0 Å². The highest BCUT2D eigenvalue weighted by Crippen LogP contribution is 2.24. The summed E-state index contributed by atoms with van der Waals surface area (Å²) in [7, 11) is 1.73. The van der Waals surface area contributed by atoms with Crippen molar-refractivity contribution in [2.24, 2.45) is 0 Å². The summed E-state index contributed by atoms with van der Waals surface area (Å²) in [5.41, 5.74) is 1.62. The topological polar surface area (TPSA) is 61.4 Å². The molecule has 150 valence electrons. The number of amides is 2. The van der Waals surface area contributed by atoms with Crippen molar-refractivity contribution in [2.45, 2.75) is 13.0 Å². The van der Waals surface area contributed by atoms with Crippen LogP contribution in [0.5, 0.6) is 0 Å². The van der Waals surface area contributed by atoms with Crippen LogP contribution in [0.4, 0.5) is 5.69 Å². The second-order valence-corrected chi connectivity index (χ2v) is 7.47. The van der Waals surface area contributed by atoms with Gasteiger partial charge in [0.2, 0.25) is 11.8 Å². The summed E-state index contributed by atoms with van der Waals surface area (Å²) in [6, 6.07) is 21.1. The Morgan fingerprint density at radius 3 is 2.38 bits per heavy atom. The number of anilines is 1. The second kappa shape index (κ2) is 9.54. The number of halogens is 1. The van der Waals surface area contributed by atoms with Crippen LogP contribution in [0.15, 0.2) is 66.7 Å². The molecule has 1 atom stereocenters. The number of para-hydroxylation sites is 1. The highest BCUT2D eigenvalue weighted by atomic mass is 35.5. The molecule has 0 aliphatic carbocycles. The number of hydrogen-bond acceptors (Lipinski definition) is 3. The van der Waals surface area contributed by atoms with Gasteiger partial charge in [0.15, 0.2) is 0 Å². The van der Waals surface area contributed by atoms with Crippen LogP contribution in [0.3, 0.4) is 0 Å². The quantitative estimate of drug-likeness (QED) is 0.613. The van der Waals surface area contributed by atoms with Gasteiger partial charge in [0, 0.05) is 0 Å². The molecule has 3 aromatic rings. The fourth-order valence-electron chi connectivity index (χ4n) is 3.29. The minimum Gasteiger partial charge on any atom is -0.348 e. The first-order valence-corrected chi connectivity index (χ1v) is 9.82. The Kier molecular flexibility index (Phi) is 6.86. The maximum atomic E-state index is 12.5. The van der Waals surface area contributed by atoms with Crippen LogP contribution in [0.25, 0.3) is 10.8 Å². The van der Waals surface area contributed by atoms with Crippen LogP contribution >= 0.6 is 11.6 Å². The molecule has 0 aromatic heterocycles. The summed E-state index contributed by atoms with van der Waals surface area (Å²) >= 11 is 6.05. The highest BCUT2D eigenvalue weighted by molar-refractivity contribution is 6.33. The van der Waals surface area contributed by atoms with Gasteiger partial charge in [0.25, 0.3) is 0 Å². The molecule has 1 unspecified atom stereocenters. The van der Waals surface area contributed by atoms with E-state index in [0.717, 1.165) is 16.3 Å². The maximum absolute atomic E-state index is 12.5. The van der Waals surface area contributed by atoms with Crippen LogP contribution in [-0.2, 0) is 9.59 Å². The summed E-state index contributed by atoms with van der Waals surface area (Å²) in [5.74, 6) is -0.367. The molecular formula is C23H24ClN3O2. The third kappa shape index (κ3) is 5.56. The maximum Gasteiger partial charge on any atom is 0.238 e. The molecule has 0 bridgehead atoms. The van der Waals surface area contributed by atoms with Crippen LogP contribution in [0.1, 0.15) is 18.5 Å². The lowest BCUT2D eigenvalue weighted by Gasteiger charge is -2.20. The summed E-state index contributed by atoms with van der Waals surface area (Å²) < 4.78 is 0. The Balaban J connectivity index is 1.54. The molecule has 29 heavy (non-hydrogen) atoms. The summed E-state index contributed by atoms with van der Waals surface area (Å²) in [6.07, 6.45) is 0. The highest BCUT2D eigenvalue weighted by Gasteiger charge is 2.15. The lowest BCUT2D eigenvalue weighted by molar-refractivity contribution is -0.123. The lowest BCUT2D eigenvalue weighted by atomic mass is 10.00. The largest absolute Gasteiger partial charge is 0.348 e. The molecule has 0 saturated carbocycles. The molecular weight excluding hydrogens is 386 g/mol. The van der Waals surface area contributed by atoms with Gasteiger partial charge in [-0.3, -0.25) is 14.5 Å². The van der Waals surface area contributed by atoms with Gasteiger partial charge in [0.05, 0.1) is 29.8 Å². The molecule has 0 saturated heterocycles. The molecule has 5 nitrogen and oxygen atoms in total. The Morgan fingerprint density at radius 1 is 0.931 bits per heavy atom. The second-order valence-electron chi connectivity index (χ2n) is 7.06. The van der Waals surface area contributed by atoms with Gasteiger partial charge in [-0.05, 0) is 42.4 Å². The number of carbonyl (C=O) groups excluding carboxylic acids is 2. The summed E-state index contributed by atoms with van der Waals surface area (Å²) in [6.45, 7) is 2.16. The van der Waals surface area contributed by atoms with Crippen molar-refractivity contribution in [3.63, 3.8) is 0 Å². The summed E-state index contributed by atoms with van der Waals surface area (Å²) in [5, 5.41) is 8.51. The predicted octanol–water partition coefficient (Wildman–Crippen LogP) is 4.24. The average Bonchev–Trinajstić information content (AvgIpc) is 2.68. The van der Waals surface area contributed by atoms with Gasteiger partial charge in [0.1, 0.15) is 0 Å². The molecule has 0 fully saturated rings. The minimum atomic E-state index is -0.226. The molecule has 0 aliphatic rings. The fraction of sp³-hybridized carbons (Fsp3) is 0.217. The van der Waals surface area contributed by atoms with Gasteiger partial charge in [-0.15, -0.1) is 0 Å². The third-order valence-corrected chi connectivity index (χ3v) is 4.97. The number of likely N-dealkylation sites (N-methyl/N-ethyl adjacent to an activating group) is 1. The first-order valence-electron chi connectivity index (χ1n) is 9.44. The molecule has 2 N–H and O–H groups in total. The number of rotatable bonds is 7. The number of nitrogens with zero attached hydrogens (tertiary/aromatic N) is 1. The molecule has 2 amide bonds. The van der Waals surface area contributed by atoms with Crippen LogP contribution in [0.2, 0.25) is 5.02 Å². The van der Waals surface area contributed by atoms with Gasteiger partial charge in [-0.25, -0.2) is 0 Å². The average molecular weight is 410 g/mol. The zero-order valence-corrected chi connectivity index (χ0v) is 17.2. The Bertz CT molecular complexity index is 1020. The van der Waals surface area contributed by atoms with Crippen molar-refractivity contribution in [1.82, 2.24) is 10.2 Å². The summed E-state index contributed by atoms with van der Waals surface area (Å²) in [4.78, 5) is 26.3. The number of benzene rings is 3. The first kappa shape index (κ1) is 20.8. The predicted molar refractivity (Wildman–Crippen MR) is 118 cm³/mol. The molecule has 3 rings (SSSR count). The van der Waals surface area contributed by atoms with Gasteiger partial charge < -0.3 is 10.6 Å². The molecule has 0 spiro atoms. The van der Waals surface area contributed by atoms with E-state index in [4.69, 9.17) is 11.6 Å². The van der Waals surface area contributed by atoms with E-state index in [-0.39, 0.29) is 30.9 Å². The van der Waals surface area contributed by atoms with Crippen molar-refractivity contribution in [1.29, 1.82) is 0 Å². The van der Waals surface area contributed by atoms with E-state index < -0.39 is 0 Å². The van der Waals surface area contributed by atoms with Crippen molar-refractivity contribution < 1.29 is 9.59 Å². The first-order chi connectivity index (χ1) is 13.9. The number of nitrogens with one attached hydrogen (secondary N) is 2. The third-order valence-electron chi connectivity index (χ3n) is 4.64. The molecule has 0 radical (unpaired) electrons. The van der Waals surface area contributed by atoms with Crippen LogP contribution in [-0.4, -0.2) is 36.9 Å². The lowest BCUT2D eigenvalue weighted by Crippen LogP contribution is -2.39. The van der Waals surface area contributed by atoms with E-state index in [1.165, 1.54) is 0 Å². The number of hydrogen-bond donors (Lipinski definition) is 2. The zero-order chi connectivity index (χ0) is 20.8. The van der Waals surface area contributed by atoms with Gasteiger partial charge >= 0.3 is 0 Å². The monoisotopic (exact) mass is 409 g/mol. The minimum absolute atomic E-state index is 0.0846. The van der Waals surface area contributed by atoms with Crippen molar-refractivity contribution in [3.05, 3.63) is 77.3 Å². The molecule has 3 aromatic carbocycles. The Hall–Kier alpha value is -2.89. The number of carbonyl (C=O) groups is 2. The van der Waals surface area contributed by atoms with E-state index >= 15 is 0 Å². The fourth-order valence-corrected chi connectivity index (χ4v) is 3.47. The van der Waals surface area contributed by atoms with Crippen molar-refractivity contribution in [2.75, 3.05) is 25.5 Å². The SMILES string of the molecule is CC(NC(=O)CN(C)CC(=O)Nc1ccccc1Cl)c1cccc2ccccc12. The van der Waals surface area contributed by atoms with Crippen molar-refractivity contribution >= 4 is 39.9 Å². The Morgan fingerprint density at radius 2 is 1.59 bits per heavy atom. The van der Waals surface area contributed by atoms with Crippen LogP contribution < -0.4 is 10.6 Å². The zero-order valence-electron chi connectivity index (χ0n) is 16.5. The van der Waals surface area contributed by atoms with E-state index in [2.05, 4.69) is 28.8 Å². The van der Waals surface area contributed by atoms with E-state index in [9.17, 15) is 9.59 Å².